The maximum absolute atomic E-state index is 12.3. The van der Waals surface area contributed by atoms with Gasteiger partial charge in [-0.25, -0.2) is 0 Å². The fourth-order valence-electron chi connectivity index (χ4n) is 3.23. The van der Waals surface area contributed by atoms with Crippen molar-refractivity contribution >= 4 is 5.91 Å². The summed E-state index contributed by atoms with van der Waals surface area (Å²) >= 11 is 0. The number of nitrogens with one attached hydrogen (secondary N) is 2. The molecule has 2 rings (SSSR count). The van der Waals surface area contributed by atoms with Gasteiger partial charge in [-0.1, -0.05) is 13.8 Å². The second-order valence-corrected chi connectivity index (χ2v) is 6.33. The second kappa shape index (κ2) is 8.71. The number of hydrogen-bond donors (Lipinski definition) is 2. The molecular weight excluding hydrogens is 266 g/mol. The lowest BCUT2D eigenvalue weighted by atomic mass is 9.96. The summed E-state index contributed by atoms with van der Waals surface area (Å²) in [6.45, 7) is 10.8. The van der Waals surface area contributed by atoms with Crippen LogP contribution in [0.2, 0.25) is 0 Å². The number of amides is 1. The number of piperidine rings is 1. The summed E-state index contributed by atoms with van der Waals surface area (Å²) in [5.41, 5.74) is 0. The molecule has 2 fully saturated rings. The van der Waals surface area contributed by atoms with Crippen molar-refractivity contribution < 1.29 is 9.53 Å². The molecule has 0 aliphatic carbocycles. The highest BCUT2D eigenvalue weighted by molar-refractivity contribution is 5.79. The van der Waals surface area contributed by atoms with E-state index in [1.807, 2.05) is 0 Å². The van der Waals surface area contributed by atoms with E-state index >= 15 is 0 Å². The van der Waals surface area contributed by atoms with Gasteiger partial charge < -0.3 is 20.3 Å². The van der Waals surface area contributed by atoms with Crippen LogP contribution in [-0.4, -0.2) is 62.8 Å². The zero-order valence-electron chi connectivity index (χ0n) is 13.6. The Morgan fingerprint density at radius 3 is 2.67 bits per heavy atom. The van der Waals surface area contributed by atoms with Crippen LogP contribution in [0.1, 0.15) is 33.1 Å². The third-order valence-electron chi connectivity index (χ3n) is 4.79. The Morgan fingerprint density at radius 2 is 2.00 bits per heavy atom. The molecule has 0 aromatic rings. The van der Waals surface area contributed by atoms with E-state index in [1.54, 1.807) is 0 Å². The van der Waals surface area contributed by atoms with Crippen molar-refractivity contribution in [2.45, 2.75) is 39.2 Å². The van der Waals surface area contributed by atoms with Crippen molar-refractivity contribution in [3.63, 3.8) is 0 Å². The summed E-state index contributed by atoms with van der Waals surface area (Å²) in [5.74, 6) is 0.785. The van der Waals surface area contributed by atoms with Gasteiger partial charge in [0.1, 0.15) is 0 Å². The van der Waals surface area contributed by atoms with E-state index in [-0.39, 0.29) is 17.9 Å². The van der Waals surface area contributed by atoms with Gasteiger partial charge in [-0.3, -0.25) is 4.79 Å². The summed E-state index contributed by atoms with van der Waals surface area (Å²) < 4.78 is 5.48. The van der Waals surface area contributed by atoms with Crippen molar-refractivity contribution in [3.05, 3.63) is 0 Å². The fraction of sp³-hybridized carbons (Fsp3) is 0.938. The molecule has 1 amide bonds. The number of carbonyl (C=O) groups is 1. The Bertz CT molecular complexity index is 317. The first-order valence-corrected chi connectivity index (χ1v) is 8.55. The first-order chi connectivity index (χ1) is 10.2. The highest BCUT2D eigenvalue weighted by atomic mass is 16.5. The van der Waals surface area contributed by atoms with Crippen molar-refractivity contribution in [1.82, 2.24) is 15.5 Å². The first kappa shape index (κ1) is 16.7. The lowest BCUT2D eigenvalue weighted by Gasteiger charge is -2.31. The Balaban J connectivity index is 1.69. The molecule has 0 aromatic carbocycles. The molecule has 0 radical (unpaired) electrons. The van der Waals surface area contributed by atoms with Crippen molar-refractivity contribution in [3.8, 4) is 0 Å². The van der Waals surface area contributed by atoms with Gasteiger partial charge in [0.05, 0.1) is 19.1 Å². The molecule has 2 N–H and O–H groups in total. The largest absolute Gasteiger partial charge is 0.379 e. The van der Waals surface area contributed by atoms with E-state index < -0.39 is 0 Å². The molecule has 2 saturated heterocycles. The van der Waals surface area contributed by atoms with Gasteiger partial charge in [0, 0.05) is 12.6 Å². The predicted octanol–water partition coefficient (Wildman–Crippen LogP) is 0.849. The number of carbonyl (C=O) groups excluding carboxylic acids is 1. The smallest absolute Gasteiger partial charge is 0.227 e. The minimum absolute atomic E-state index is 0.0210. The summed E-state index contributed by atoms with van der Waals surface area (Å²) in [6, 6.07) is 0.187. The van der Waals surface area contributed by atoms with Crippen LogP contribution in [0.5, 0.6) is 0 Å². The van der Waals surface area contributed by atoms with Gasteiger partial charge in [-0.2, -0.15) is 0 Å². The Labute approximate surface area is 128 Å². The maximum atomic E-state index is 12.3. The molecule has 122 valence electrons. The predicted molar refractivity (Wildman–Crippen MR) is 84.2 cm³/mol. The number of likely N-dealkylation sites (tertiary alicyclic amines) is 1. The number of hydrogen-bond acceptors (Lipinski definition) is 4. The normalized spacial score (nSPS) is 27.9. The minimum atomic E-state index is -0.0210. The maximum Gasteiger partial charge on any atom is 0.227 e. The molecule has 21 heavy (non-hydrogen) atoms. The second-order valence-electron chi connectivity index (χ2n) is 6.33. The highest BCUT2D eigenvalue weighted by Gasteiger charge is 2.33. The van der Waals surface area contributed by atoms with Gasteiger partial charge in [0.25, 0.3) is 0 Å². The average molecular weight is 297 g/mol. The topological polar surface area (TPSA) is 53.6 Å². The quantitative estimate of drug-likeness (QED) is 0.731. The van der Waals surface area contributed by atoms with Gasteiger partial charge >= 0.3 is 0 Å². The molecule has 5 nitrogen and oxygen atoms in total. The molecule has 2 atom stereocenters. The monoisotopic (exact) mass is 297 g/mol. The zero-order valence-corrected chi connectivity index (χ0v) is 13.6. The third kappa shape index (κ3) is 4.94. The van der Waals surface area contributed by atoms with Gasteiger partial charge in [-0.15, -0.1) is 0 Å². The number of ether oxygens (including phenoxy) is 1. The van der Waals surface area contributed by atoms with Crippen LogP contribution >= 0.6 is 0 Å². The van der Waals surface area contributed by atoms with Crippen molar-refractivity contribution in [2.24, 2.45) is 11.8 Å². The Hall–Kier alpha value is -0.650. The average Bonchev–Trinajstić information content (AvgIpc) is 2.99. The molecule has 0 bridgehead atoms. The molecular formula is C16H31N3O2. The zero-order chi connectivity index (χ0) is 15.1. The number of rotatable bonds is 7. The van der Waals surface area contributed by atoms with E-state index in [1.165, 1.54) is 25.9 Å². The fourth-order valence-corrected chi connectivity index (χ4v) is 3.23. The van der Waals surface area contributed by atoms with Crippen LogP contribution in [0, 0.1) is 11.8 Å². The van der Waals surface area contributed by atoms with E-state index in [0.29, 0.717) is 19.1 Å². The summed E-state index contributed by atoms with van der Waals surface area (Å²) in [4.78, 5) is 14.8. The van der Waals surface area contributed by atoms with Crippen molar-refractivity contribution in [1.29, 1.82) is 0 Å². The molecule has 2 aliphatic rings. The molecule has 0 aromatic heterocycles. The van der Waals surface area contributed by atoms with E-state index in [4.69, 9.17) is 4.74 Å². The van der Waals surface area contributed by atoms with Crippen LogP contribution in [-0.2, 0) is 9.53 Å². The number of nitrogens with zero attached hydrogens (tertiary/aromatic N) is 1. The Morgan fingerprint density at radius 1 is 1.24 bits per heavy atom. The first-order valence-electron chi connectivity index (χ1n) is 8.55. The SMILES string of the molecule is CCCNC1COCC1C(=O)NCC1CCN(CC)CC1. The van der Waals surface area contributed by atoms with E-state index in [0.717, 1.165) is 26.1 Å². The minimum Gasteiger partial charge on any atom is -0.379 e. The molecule has 0 spiro atoms. The van der Waals surface area contributed by atoms with E-state index in [9.17, 15) is 4.79 Å². The van der Waals surface area contributed by atoms with Crippen molar-refractivity contribution in [2.75, 3.05) is 45.9 Å². The molecule has 2 unspecified atom stereocenters. The molecule has 5 heteroatoms. The molecule has 2 aliphatic heterocycles. The standard InChI is InChI=1S/C16H31N3O2/c1-3-7-17-15-12-21-11-14(15)16(20)18-10-13-5-8-19(4-2)9-6-13/h13-15,17H,3-12H2,1-2H3,(H,18,20). The lowest BCUT2D eigenvalue weighted by molar-refractivity contribution is -0.125. The Kier molecular flexibility index (Phi) is 6.93. The van der Waals surface area contributed by atoms with Crippen LogP contribution in [0.25, 0.3) is 0 Å². The summed E-state index contributed by atoms with van der Waals surface area (Å²) in [6.07, 6.45) is 3.49. The van der Waals surface area contributed by atoms with Crippen LogP contribution in [0.4, 0.5) is 0 Å². The summed E-state index contributed by atoms with van der Waals surface area (Å²) in [7, 11) is 0. The molecule has 0 saturated carbocycles. The van der Waals surface area contributed by atoms with E-state index in [2.05, 4.69) is 29.4 Å². The van der Waals surface area contributed by atoms with Crippen LogP contribution in [0.3, 0.4) is 0 Å². The van der Waals surface area contributed by atoms with Crippen LogP contribution in [0.15, 0.2) is 0 Å². The summed E-state index contributed by atoms with van der Waals surface area (Å²) in [5, 5.41) is 6.58. The lowest BCUT2D eigenvalue weighted by Crippen LogP contribution is -2.46. The van der Waals surface area contributed by atoms with Gasteiger partial charge in [0.15, 0.2) is 0 Å². The highest BCUT2D eigenvalue weighted by Crippen LogP contribution is 2.17. The van der Waals surface area contributed by atoms with Gasteiger partial charge in [-0.05, 0) is 51.4 Å². The van der Waals surface area contributed by atoms with Gasteiger partial charge in [0.2, 0.25) is 5.91 Å². The van der Waals surface area contributed by atoms with Crippen LogP contribution < -0.4 is 10.6 Å². The third-order valence-corrected chi connectivity index (χ3v) is 4.79. The molecule has 2 heterocycles.